The van der Waals surface area contributed by atoms with Gasteiger partial charge < -0.3 is 19.7 Å². The summed E-state index contributed by atoms with van der Waals surface area (Å²) < 4.78 is 11.7. The van der Waals surface area contributed by atoms with E-state index in [0.29, 0.717) is 25.2 Å². The van der Waals surface area contributed by atoms with Crippen LogP contribution in [0.4, 0.5) is 0 Å². The minimum atomic E-state index is -0.187. The average molecular weight is 520 g/mol. The number of ether oxygens (including phenoxy) is 2. The van der Waals surface area contributed by atoms with E-state index in [9.17, 15) is 9.59 Å². The fourth-order valence-corrected chi connectivity index (χ4v) is 5.77. The van der Waals surface area contributed by atoms with Crippen LogP contribution >= 0.6 is 11.3 Å². The number of fused-ring (bicyclic) bond motifs is 1. The van der Waals surface area contributed by atoms with Gasteiger partial charge in [0.05, 0.1) is 12.1 Å². The van der Waals surface area contributed by atoms with Crippen molar-refractivity contribution >= 4 is 23.2 Å². The molecule has 0 aliphatic carbocycles. The molecular weight excluding hydrogens is 486 g/mol. The Morgan fingerprint density at radius 2 is 2.14 bits per heavy atom. The monoisotopic (exact) mass is 519 g/mol. The van der Waals surface area contributed by atoms with Gasteiger partial charge in [-0.15, -0.1) is 11.3 Å². The maximum atomic E-state index is 12.9. The number of rotatable bonds is 8. The Hall–Kier alpha value is -3.23. The second kappa shape index (κ2) is 11.4. The number of hydrogen-bond acceptors (Lipinski definition) is 6. The molecule has 2 unspecified atom stereocenters. The Morgan fingerprint density at radius 1 is 1.24 bits per heavy atom. The van der Waals surface area contributed by atoms with Gasteiger partial charge in [-0.1, -0.05) is 42.8 Å². The van der Waals surface area contributed by atoms with Crippen molar-refractivity contribution in [1.29, 1.82) is 0 Å². The number of nitrogens with zero attached hydrogens (tertiary/aromatic N) is 2. The number of carbonyl (C=O) groups is 2. The van der Waals surface area contributed by atoms with Crippen molar-refractivity contribution in [2.45, 2.75) is 58.3 Å². The van der Waals surface area contributed by atoms with Crippen molar-refractivity contribution in [3.05, 3.63) is 80.8 Å². The number of aryl methyl sites for hydroxylation is 1. The molecule has 1 saturated heterocycles. The smallest absolute Gasteiger partial charge is 0.270 e. The van der Waals surface area contributed by atoms with Crippen LogP contribution in [-0.4, -0.2) is 47.5 Å². The lowest BCUT2D eigenvalue weighted by Gasteiger charge is -2.38. The molecule has 2 aromatic carbocycles. The largest absolute Gasteiger partial charge is 0.486 e. The Bertz CT molecular complexity index is 1270. The summed E-state index contributed by atoms with van der Waals surface area (Å²) in [4.78, 5) is 31.8. The number of benzene rings is 2. The van der Waals surface area contributed by atoms with E-state index in [2.05, 4.69) is 47.6 Å². The van der Waals surface area contributed by atoms with Gasteiger partial charge in [-0.2, -0.15) is 0 Å². The van der Waals surface area contributed by atoms with Gasteiger partial charge in [0.1, 0.15) is 23.1 Å². The van der Waals surface area contributed by atoms with Crippen molar-refractivity contribution in [3.8, 4) is 5.75 Å². The van der Waals surface area contributed by atoms with E-state index < -0.39 is 0 Å². The second-order valence-electron chi connectivity index (χ2n) is 9.63. The van der Waals surface area contributed by atoms with E-state index in [4.69, 9.17) is 9.47 Å². The molecule has 3 aromatic rings. The molecule has 2 aliphatic heterocycles. The number of thiazole rings is 1. The fourth-order valence-electron chi connectivity index (χ4n) is 5.08. The molecule has 37 heavy (non-hydrogen) atoms. The van der Waals surface area contributed by atoms with Crippen LogP contribution in [0.2, 0.25) is 0 Å². The van der Waals surface area contributed by atoms with Crippen molar-refractivity contribution < 1.29 is 19.1 Å². The van der Waals surface area contributed by atoms with Crippen LogP contribution in [0, 0.1) is 6.92 Å². The Balaban J connectivity index is 1.30. The third-order valence-corrected chi connectivity index (χ3v) is 7.81. The molecule has 7 nitrogen and oxygen atoms in total. The molecule has 2 aliphatic rings. The van der Waals surface area contributed by atoms with Crippen molar-refractivity contribution in [2.75, 3.05) is 19.7 Å². The minimum Gasteiger partial charge on any atom is -0.486 e. The highest BCUT2D eigenvalue weighted by atomic mass is 32.1. The number of amides is 2. The molecule has 1 aromatic heterocycles. The van der Waals surface area contributed by atoms with Gasteiger partial charge in [-0.3, -0.25) is 9.59 Å². The van der Waals surface area contributed by atoms with Crippen LogP contribution in [0.5, 0.6) is 5.75 Å². The van der Waals surface area contributed by atoms with Crippen LogP contribution in [-0.2, 0) is 22.6 Å². The minimum absolute atomic E-state index is 0.0987. The van der Waals surface area contributed by atoms with E-state index >= 15 is 0 Å². The predicted octanol–water partition coefficient (Wildman–Crippen LogP) is 4.82. The quantitative estimate of drug-likeness (QED) is 0.461. The zero-order chi connectivity index (χ0) is 25.8. The summed E-state index contributed by atoms with van der Waals surface area (Å²) in [5.74, 6) is 0.687. The summed E-state index contributed by atoms with van der Waals surface area (Å²) in [6.45, 7) is 6.24. The van der Waals surface area contributed by atoms with Gasteiger partial charge in [0.2, 0.25) is 5.91 Å². The summed E-state index contributed by atoms with van der Waals surface area (Å²) in [6.07, 6.45) is 3.41. The first kappa shape index (κ1) is 25.4. The topological polar surface area (TPSA) is 80.8 Å². The van der Waals surface area contributed by atoms with Crippen LogP contribution in [0.1, 0.15) is 70.0 Å². The molecule has 2 atom stereocenters. The van der Waals surface area contributed by atoms with E-state index in [-0.39, 0.29) is 30.6 Å². The molecule has 3 heterocycles. The molecule has 0 spiro atoms. The summed E-state index contributed by atoms with van der Waals surface area (Å²) >= 11 is 1.41. The summed E-state index contributed by atoms with van der Waals surface area (Å²) in [7, 11) is 0. The Kier molecular flexibility index (Phi) is 7.86. The fraction of sp³-hybridized carbons (Fsp3) is 0.414. The molecule has 5 rings (SSSR count). The highest BCUT2D eigenvalue weighted by Crippen LogP contribution is 2.38. The molecule has 0 bridgehead atoms. The van der Waals surface area contributed by atoms with Gasteiger partial charge in [0.25, 0.3) is 5.91 Å². The van der Waals surface area contributed by atoms with E-state index in [1.807, 2.05) is 24.0 Å². The number of nitrogens with one attached hydrogen (secondary N) is 1. The molecule has 1 fully saturated rings. The SMILES string of the molecule is CCC(=O)N1CCc2ccc(OCc3nc(C(=O)NCC4CCCO4)cs3)cc2C1c1cccc(C)c1. The first-order valence-corrected chi connectivity index (χ1v) is 13.9. The molecule has 194 valence electrons. The second-order valence-corrected chi connectivity index (χ2v) is 10.6. The summed E-state index contributed by atoms with van der Waals surface area (Å²) in [5, 5.41) is 5.41. The lowest BCUT2D eigenvalue weighted by molar-refractivity contribution is -0.132. The molecule has 2 amide bonds. The van der Waals surface area contributed by atoms with Crippen molar-refractivity contribution in [3.63, 3.8) is 0 Å². The predicted molar refractivity (Wildman–Crippen MR) is 143 cm³/mol. The van der Waals surface area contributed by atoms with Crippen LogP contribution < -0.4 is 10.1 Å². The van der Waals surface area contributed by atoms with Crippen molar-refractivity contribution in [1.82, 2.24) is 15.2 Å². The molecule has 0 saturated carbocycles. The molecular formula is C29H33N3O4S. The maximum absolute atomic E-state index is 12.9. The van der Waals surface area contributed by atoms with E-state index in [1.54, 1.807) is 5.38 Å². The third-order valence-electron chi connectivity index (χ3n) is 6.99. The first-order chi connectivity index (χ1) is 18.0. The number of aromatic nitrogens is 1. The standard InChI is InChI=1S/C29H33N3O4S/c1-3-27(33)32-12-11-20-9-10-22(15-24(20)28(32)21-7-4-6-19(2)14-21)36-17-26-31-25(18-37-26)29(34)30-16-23-8-5-13-35-23/h4,6-7,9-10,14-15,18,23,28H,3,5,8,11-13,16-17H2,1-2H3,(H,30,34). The molecule has 8 heteroatoms. The highest BCUT2D eigenvalue weighted by molar-refractivity contribution is 7.09. The average Bonchev–Trinajstić information content (AvgIpc) is 3.62. The summed E-state index contributed by atoms with van der Waals surface area (Å²) in [6, 6.07) is 14.4. The van der Waals surface area contributed by atoms with E-state index in [0.717, 1.165) is 47.8 Å². The van der Waals surface area contributed by atoms with Gasteiger partial charge in [-0.05, 0) is 55.0 Å². The van der Waals surface area contributed by atoms with Gasteiger partial charge in [0.15, 0.2) is 0 Å². The normalized spacial score (nSPS) is 18.9. The van der Waals surface area contributed by atoms with Crippen LogP contribution in [0.25, 0.3) is 0 Å². The zero-order valence-corrected chi connectivity index (χ0v) is 22.2. The Morgan fingerprint density at radius 3 is 2.92 bits per heavy atom. The first-order valence-electron chi connectivity index (χ1n) is 13.0. The van der Waals surface area contributed by atoms with Crippen molar-refractivity contribution in [2.24, 2.45) is 0 Å². The van der Waals surface area contributed by atoms with Gasteiger partial charge in [0, 0.05) is 31.5 Å². The lowest BCUT2D eigenvalue weighted by Crippen LogP contribution is -2.40. The van der Waals surface area contributed by atoms with Gasteiger partial charge in [-0.25, -0.2) is 4.98 Å². The lowest BCUT2D eigenvalue weighted by atomic mass is 9.87. The number of carbonyl (C=O) groups excluding carboxylic acids is 2. The highest BCUT2D eigenvalue weighted by Gasteiger charge is 2.31. The molecule has 1 N–H and O–H groups in total. The Labute approximate surface area is 221 Å². The maximum Gasteiger partial charge on any atom is 0.270 e. The van der Waals surface area contributed by atoms with Gasteiger partial charge >= 0.3 is 0 Å². The van der Waals surface area contributed by atoms with Crippen LogP contribution in [0.15, 0.2) is 47.8 Å². The number of hydrogen-bond donors (Lipinski definition) is 1. The van der Waals surface area contributed by atoms with Crippen LogP contribution in [0.3, 0.4) is 0 Å². The summed E-state index contributed by atoms with van der Waals surface area (Å²) in [5.41, 5.74) is 5.02. The van der Waals surface area contributed by atoms with E-state index in [1.165, 1.54) is 22.5 Å². The zero-order valence-electron chi connectivity index (χ0n) is 21.4. The molecule has 0 radical (unpaired) electrons. The third kappa shape index (κ3) is 5.86.